The molecule has 0 aliphatic rings. The maximum atomic E-state index is 10.8. The summed E-state index contributed by atoms with van der Waals surface area (Å²) in [7, 11) is 0. The van der Waals surface area contributed by atoms with Gasteiger partial charge in [0.15, 0.2) is 0 Å². The zero-order valence-corrected chi connectivity index (χ0v) is 8.26. The van der Waals surface area contributed by atoms with Crippen molar-refractivity contribution in [2.45, 2.75) is 18.4 Å². The van der Waals surface area contributed by atoms with Crippen LogP contribution in [-0.2, 0) is 16.1 Å². The van der Waals surface area contributed by atoms with Crippen LogP contribution in [0.2, 0.25) is 0 Å². The number of carbonyl (C=O) groups is 1. The smallest absolute Gasteiger partial charge is 0.302 e. The Hall–Kier alpha value is -0.960. The molecule has 0 aliphatic heterocycles. The zero-order chi connectivity index (χ0) is 10.4. The molecule has 0 N–H and O–H groups in total. The number of hydrogen-bond donors (Lipinski definition) is 0. The maximum Gasteiger partial charge on any atom is 0.302 e. The highest BCUT2D eigenvalue weighted by Crippen LogP contribution is 2.20. The summed E-state index contributed by atoms with van der Waals surface area (Å²) in [5.74, 6) is -0.485. The van der Waals surface area contributed by atoms with Crippen molar-refractivity contribution < 1.29 is 10.9 Å². The van der Waals surface area contributed by atoms with Gasteiger partial charge in [0.2, 0.25) is 0 Å². The molecular formula is C10H12O2S. The fraction of sp³-hybridized carbons (Fsp3) is 0.300. The maximum absolute atomic E-state index is 10.8. The van der Waals surface area contributed by atoms with E-state index >= 15 is 0 Å². The van der Waals surface area contributed by atoms with Crippen LogP contribution in [0.3, 0.4) is 0 Å². The molecule has 0 amide bonds. The van der Waals surface area contributed by atoms with Gasteiger partial charge in [-0.05, 0) is 12.3 Å². The molecule has 1 rings (SSSR count). The summed E-state index contributed by atoms with van der Waals surface area (Å²) in [5.41, 5.74) is 0.988. The normalized spacial score (nSPS) is 10.7. The van der Waals surface area contributed by atoms with Crippen LogP contribution < -0.4 is 0 Å². The molecule has 0 radical (unpaired) electrons. The third kappa shape index (κ3) is 3.11. The lowest BCUT2D eigenvalue weighted by atomic mass is 10.2. The Morgan fingerprint density at radius 3 is 3.08 bits per heavy atom. The summed E-state index contributed by atoms with van der Waals surface area (Å²) in [6.45, 7) is -0.0594. The molecule has 0 spiro atoms. The van der Waals surface area contributed by atoms with Gasteiger partial charge in [-0.3, -0.25) is 4.79 Å². The molecule has 0 atom stereocenters. The predicted octanol–water partition coefficient (Wildman–Crippen LogP) is 2.47. The first-order valence-electron chi connectivity index (χ1n) is 4.55. The van der Waals surface area contributed by atoms with E-state index in [-0.39, 0.29) is 13.5 Å². The van der Waals surface area contributed by atoms with Gasteiger partial charge in [-0.1, -0.05) is 18.2 Å². The molecule has 0 fully saturated rings. The van der Waals surface area contributed by atoms with E-state index in [0.717, 1.165) is 10.5 Å². The lowest BCUT2D eigenvalue weighted by Gasteiger charge is -2.06. The molecule has 0 saturated carbocycles. The third-order valence-electron chi connectivity index (χ3n) is 1.58. The number of ether oxygens (including phenoxy) is 1. The fourth-order valence-corrected chi connectivity index (χ4v) is 1.58. The first kappa shape index (κ1) is 8.63. The topological polar surface area (TPSA) is 26.3 Å². The quantitative estimate of drug-likeness (QED) is 0.550. The summed E-state index contributed by atoms with van der Waals surface area (Å²) < 4.78 is 11.7. The van der Waals surface area contributed by atoms with Gasteiger partial charge in [-0.2, -0.15) is 0 Å². The van der Waals surface area contributed by atoms with Gasteiger partial charge in [0.25, 0.3) is 0 Å². The first-order chi connectivity index (χ1) is 6.77. The molecule has 13 heavy (non-hydrogen) atoms. The molecule has 0 saturated heterocycles. The summed E-state index contributed by atoms with van der Waals surface area (Å²) in [6, 6.07) is 7.75. The first-order valence-corrected chi connectivity index (χ1v) is 5.07. The van der Waals surface area contributed by atoms with E-state index in [9.17, 15) is 4.79 Å². The van der Waals surface area contributed by atoms with Crippen LogP contribution in [0.1, 0.15) is 13.8 Å². The monoisotopic (exact) mass is 197 g/mol. The second-order valence-corrected chi connectivity index (χ2v) is 3.32. The van der Waals surface area contributed by atoms with E-state index in [1.54, 1.807) is 11.8 Å². The molecular weight excluding hydrogens is 184 g/mol. The Balaban J connectivity index is 2.61. The Morgan fingerprint density at radius 2 is 2.38 bits per heavy atom. The van der Waals surface area contributed by atoms with Crippen LogP contribution in [0.15, 0.2) is 29.2 Å². The fourth-order valence-electron chi connectivity index (χ4n) is 0.980. The molecule has 1 aromatic rings. The van der Waals surface area contributed by atoms with Crippen molar-refractivity contribution in [1.82, 2.24) is 0 Å². The van der Waals surface area contributed by atoms with Crippen LogP contribution in [0.4, 0.5) is 0 Å². The summed E-state index contributed by atoms with van der Waals surface area (Å²) in [5, 5.41) is 0. The summed E-state index contributed by atoms with van der Waals surface area (Å²) in [4.78, 5) is 11.9. The van der Waals surface area contributed by atoms with E-state index in [1.807, 2.05) is 30.5 Å². The van der Waals surface area contributed by atoms with Crippen molar-refractivity contribution >= 4 is 17.7 Å². The van der Waals surface area contributed by atoms with Crippen LogP contribution in [-0.4, -0.2) is 12.2 Å². The molecule has 0 unspecified atom stereocenters. The third-order valence-corrected chi connectivity index (χ3v) is 2.42. The average Bonchev–Trinajstić information content (AvgIpc) is 2.26. The number of carbonyl (C=O) groups excluding carboxylic acids is 1. The van der Waals surface area contributed by atoms with Crippen molar-refractivity contribution in [2.24, 2.45) is 0 Å². The SMILES string of the molecule is [2H]CC(=O)OCc1ccccc1SC. The largest absolute Gasteiger partial charge is 0.461 e. The van der Waals surface area contributed by atoms with Crippen molar-refractivity contribution in [1.29, 1.82) is 0 Å². The van der Waals surface area contributed by atoms with Gasteiger partial charge in [0, 0.05) is 18.7 Å². The molecule has 70 valence electrons. The predicted molar refractivity (Wildman–Crippen MR) is 53.7 cm³/mol. The van der Waals surface area contributed by atoms with E-state index in [1.165, 1.54) is 0 Å². The molecule has 0 heterocycles. The minimum Gasteiger partial charge on any atom is -0.461 e. The van der Waals surface area contributed by atoms with Gasteiger partial charge in [0.05, 0.1) is 0 Å². The second-order valence-electron chi connectivity index (χ2n) is 2.47. The number of thioether (sulfide) groups is 1. The van der Waals surface area contributed by atoms with Crippen molar-refractivity contribution in [3.63, 3.8) is 0 Å². The van der Waals surface area contributed by atoms with E-state index in [0.29, 0.717) is 0 Å². The van der Waals surface area contributed by atoms with Gasteiger partial charge in [0.1, 0.15) is 6.61 Å². The molecule has 1 aromatic carbocycles. The lowest BCUT2D eigenvalue weighted by Crippen LogP contribution is -1.99. The van der Waals surface area contributed by atoms with Crippen molar-refractivity contribution in [3.05, 3.63) is 29.8 Å². The van der Waals surface area contributed by atoms with Crippen molar-refractivity contribution in [2.75, 3.05) is 6.26 Å². The number of hydrogen-bond acceptors (Lipinski definition) is 3. The Morgan fingerprint density at radius 1 is 1.62 bits per heavy atom. The van der Waals surface area contributed by atoms with Crippen LogP contribution in [0, 0.1) is 0 Å². The van der Waals surface area contributed by atoms with E-state index in [4.69, 9.17) is 6.11 Å². The average molecular weight is 197 g/mol. The molecule has 2 nitrogen and oxygen atoms in total. The Bertz CT molecular complexity index is 315. The molecule has 3 heteroatoms. The van der Waals surface area contributed by atoms with Gasteiger partial charge in [-0.25, -0.2) is 0 Å². The van der Waals surface area contributed by atoms with Gasteiger partial charge < -0.3 is 4.74 Å². The van der Waals surface area contributed by atoms with Crippen molar-refractivity contribution in [3.8, 4) is 0 Å². The summed E-state index contributed by atoms with van der Waals surface area (Å²) in [6.07, 6.45) is 1.98. The van der Waals surface area contributed by atoms with E-state index in [2.05, 4.69) is 0 Å². The van der Waals surface area contributed by atoms with Crippen LogP contribution >= 0.6 is 11.8 Å². The molecule has 0 aliphatic carbocycles. The Kier molecular flexibility index (Phi) is 3.27. The van der Waals surface area contributed by atoms with E-state index < -0.39 is 5.97 Å². The molecule has 0 bridgehead atoms. The Labute approximate surface area is 83.7 Å². The lowest BCUT2D eigenvalue weighted by molar-refractivity contribution is -0.142. The number of esters is 1. The van der Waals surface area contributed by atoms with Gasteiger partial charge in [-0.15, -0.1) is 11.8 Å². The standard InChI is InChI=1S/C10H12O2S/c1-8(11)12-7-9-5-3-4-6-10(9)13-2/h3-6H,7H2,1-2H3/i1D. The minimum atomic E-state index is -0.485. The number of benzene rings is 1. The van der Waals surface area contributed by atoms with Crippen LogP contribution in [0.5, 0.6) is 0 Å². The highest BCUT2D eigenvalue weighted by Gasteiger charge is 2.01. The summed E-state index contributed by atoms with van der Waals surface area (Å²) >= 11 is 1.62. The highest BCUT2D eigenvalue weighted by atomic mass is 32.2. The zero-order valence-electron chi connectivity index (χ0n) is 8.45. The minimum absolute atomic E-state index is 0.259. The highest BCUT2D eigenvalue weighted by molar-refractivity contribution is 7.98. The number of rotatable bonds is 3. The van der Waals surface area contributed by atoms with Crippen LogP contribution in [0.25, 0.3) is 0 Å². The van der Waals surface area contributed by atoms with Gasteiger partial charge >= 0.3 is 5.97 Å². The second kappa shape index (κ2) is 4.92. The molecule has 0 aromatic heterocycles.